The monoisotopic (exact) mass is 178 g/mol. The van der Waals surface area contributed by atoms with Crippen LogP contribution < -0.4 is 0 Å². The molecule has 0 spiro atoms. The summed E-state index contributed by atoms with van der Waals surface area (Å²) in [5.41, 5.74) is 1.82. The highest BCUT2D eigenvalue weighted by Gasteiger charge is 2.00. The Kier molecular flexibility index (Phi) is 1.47. The molecule has 0 aliphatic heterocycles. The van der Waals surface area contributed by atoms with E-state index in [0.29, 0.717) is 0 Å². The molecule has 0 N–H and O–H groups in total. The summed E-state index contributed by atoms with van der Waals surface area (Å²) in [7, 11) is 0. The molecule has 3 aromatic rings. The van der Waals surface area contributed by atoms with Crippen molar-refractivity contribution in [2.24, 2.45) is 0 Å². The number of hydrogen-bond acceptors (Lipinski definition) is 2. The lowest BCUT2D eigenvalue weighted by Crippen LogP contribution is -1.83. The van der Waals surface area contributed by atoms with Crippen molar-refractivity contribution in [3.8, 4) is 0 Å². The fraction of sp³-hybridized carbons (Fsp3) is 0. The molecule has 2 aromatic heterocycles. The van der Waals surface area contributed by atoms with Crippen molar-refractivity contribution >= 4 is 21.8 Å². The molecule has 2 radical (unpaired) electrons. The topological polar surface area (TPSA) is 25.8 Å². The molecule has 1 aromatic carbocycles. The molecule has 0 saturated heterocycles. The molecule has 2 heterocycles. The number of fused-ring (bicyclic) bond motifs is 3. The van der Waals surface area contributed by atoms with Crippen LogP contribution >= 0.6 is 0 Å². The Hall–Kier alpha value is -1.96. The summed E-state index contributed by atoms with van der Waals surface area (Å²) >= 11 is 0. The van der Waals surface area contributed by atoms with Crippen LogP contribution in [0.25, 0.3) is 21.8 Å². The van der Waals surface area contributed by atoms with Crippen LogP contribution in [0.2, 0.25) is 0 Å². The number of aromatic nitrogens is 2. The summed E-state index contributed by atoms with van der Waals surface area (Å²) in [6.45, 7) is 0. The van der Waals surface area contributed by atoms with Crippen molar-refractivity contribution in [1.29, 1.82) is 0 Å². The SMILES string of the molecule is [c]1cnc2c([c]cc3cccnc32)c1. The first-order valence-electron chi connectivity index (χ1n) is 4.36. The minimum Gasteiger partial charge on any atom is -0.254 e. The summed E-state index contributed by atoms with van der Waals surface area (Å²) in [6.07, 6.45) is 3.43. The van der Waals surface area contributed by atoms with E-state index in [9.17, 15) is 0 Å². The lowest BCUT2D eigenvalue weighted by atomic mass is 10.1. The van der Waals surface area contributed by atoms with E-state index in [1.165, 1.54) is 0 Å². The predicted molar refractivity (Wildman–Crippen MR) is 54.7 cm³/mol. The molecule has 2 nitrogen and oxygen atoms in total. The highest BCUT2D eigenvalue weighted by atomic mass is 14.7. The van der Waals surface area contributed by atoms with Crippen molar-refractivity contribution in [2.45, 2.75) is 0 Å². The summed E-state index contributed by atoms with van der Waals surface area (Å²) in [4.78, 5) is 8.57. The standard InChI is InChI=1S/C12H6N2/c1-3-9-5-6-10-4-2-8-14-12(10)11(9)13-7-1/h1,3-5,7-8H. The van der Waals surface area contributed by atoms with Gasteiger partial charge in [-0.1, -0.05) is 6.07 Å². The lowest BCUT2D eigenvalue weighted by Gasteiger charge is -1.99. The van der Waals surface area contributed by atoms with Crippen LogP contribution in [0.3, 0.4) is 0 Å². The summed E-state index contributed by atoms with van der Waals surface area (Å²) in [6, 6.07) is 13.8. The van der Waals surface area contributed by atoms with E-state index in [0.717, 1.165) is 21.8 Å². The Morgan fingerprint density at radius 3 is 3.07 bits per heavy atom. The molecular weight excluding hydrogens is 172 g/mol. The number of nitrogens with zero attached hydrogens (tertiary/aromatic N) is 2. The second-order valence-electron chi connectivity index (χ2n) is 3.06. The van der Waals surface area contributed by atoms with E-state index in [4.69, 9.17) is 0 Å². The molecule has 14 heavy (non-hydrogen) atoms. The van der Waals surface area contributed by atoms with E-state index in [1.807, 2.05) is 24.3 Å². The Balaban J connectivity index is 2.61. The van der Waals surface area contributed by atoms with Gasteiger partial charge >= 0.3 is 0 Å². The van der Waals surface area contributed by atoms with Gasteiger partial charge < -0.3 is 0 Å². The van der Waals surface area contributed by atoms with Gasteiger partial charge in [0.05, 0.1) is 11.0 Å². The maximum atomic E-state index is 4.31. The Labute approximate surface area is 81.2 Å². The summed E-state index contributed by atoms with van der Waals surface area (Å²) in [5.74, 6) is 0. The highest BCUT2D eigenvalue weighted by Crippen LogP contribution is 2.19. The first-order chi connectivity index (χ1) is 6.95. The number of benzene rings is 1. The van der Waals surface area contributed by atoms with E-state index in [2.05, 4.69) is 22.1 Å². The second kappa shape index (κ2) is 2.77. The van der Waals surface area contributed by atoms with Crippen molar-refractivity contribution in [2.75, 3.05) is 0 Å². The van der Waals surface area contributed by atoms with Gasteiger partial charge in [-0.15, -0.1) is 0 Å². The molecule has 64 valence electrons. The Bertz CT molecular complexity index is 547. The Morgan fingerprint density at radius 2 is 2.07 bits per heavy atom. The summed E-state index contributed by atoms with van der Waals surface area (Å²) in [5, 5.41) is 2.03. The molecule has 3 rings (SSSR count). The zero-order chi connectivity index (χ0) is 9.38. The normalized spacial score (nSPS) is 10.9. The van der Waals surface area contributed by atoms with E-state index in [-0.39, 0.29) is 0 Å². The van der Waals surface area contributed by atoms with Gasteiger partial charge in [-0.2, -0.15) is 0 Å². The van der Waals surface area contributed by atoms with Crippen molar-refractivity contribution in [3.63, 3.8) is 0 Å². The Morgan fingerprint density at radius 1 is 1.07 bits per heavy atom. The fourth-order valence-electron chi connectivity index (χ4n) is 1.55. The number of rotatable bonds is 0. The molecule has 0 fully saturated rings. The molecule has 0 saturated carbocycles. The average Bonchev–Trinajstić information content (AvgIpc) is 2.29. The third kappa shape index (κ3) is 0.973. The number of hydrogen-bond donors (Lipinski definition) is 0. The van der Waals surface area contributed by atoms with E-state index in [1.54, 1.807) is 12.4 Å². The molecule has 0 aliphatic rings. The molecular formula is C12H6N2. The van der Waals surface area contributed by atoms with Gasteiger partial charge in [0, 0.05) is 29.2 Å². The minimum absolute atomic E-state index is 0.891. The van der Waals surface area contributed by atoms with Crippen molar-refractivity contribution in [1.82, 2.24) is 9.97 Å². The number of pyridine rings is 2. The van der Waals surface area contributed by atoms with E-state index < -0.39 is 0 Å². The third-order valence-electron chi connectivity index (χ3n) is 2.20. The molecule has 2 heteroatoms. The molecule has 0 aliphatic carbocycles. The third-order valence-corrected chi connectivity index (χ3v) is 2.20. The van der Waals surface area contributed by atoms with Gasteiger partial charge in [0.2, 0.25) is 0 Å². The van der Waals surface area contributed by atoms with Gasteiger partial charge in [-0.3, -0.25) is 9.97 Å². The van der Waals surface area contributed by atoms with Crippen molar-refractivity contribution < 1.29 is 0 Å². The quantitative estimate of drug-likeness (QED) is 0.494. The van der Waals surface area contributed by atoms with Crippen LogP contribution in [-0.4, -0.2) is 9.97 Å². The van der Waals surface area contributed by atoms with Crippen LogP contribution in [0.4, 0.5) is 0 Å². The maximum absolute atomic E-state index is 4.31. The van der Waals surface area contributed by atoms with Gasteiger partial charge in [0.15, 0.2) is 0 Å². The summed E-state index contributed by atoms with van der Waals surface area (Å²) < 4.78 is 0. The zero-order valence-corrected chi connectivity index (χ0v) is 7.36. The van der Waals surface area contributed by atoms with Crippen LogP contribution in [0.15, 0.2) is 36.7 Å². The zero-order valence-electron chi connectivity index (χ0n) is 7.36. The largest absolute Gasteiger partial charge is 0.254 e. The van der Waals surface area contributed by atoms with Crippen LogP contribution in [0.5, 0.6) is 0 Å². The molecule has 0 bridgehead atoms. The molecule has 0 amide bonds. The van der Waals surface area contributed by atoms with Gasteiger partial charge in [0.1, 0.15) is 0 Å². The molecule has 0 atom stereocenters. The van der Waals surface area contributed by atoms with Crippen LogP contribution in [-0.2, 0) is 0 Å². The van der Waals surface area contributed by atoms with E-state index >= 15 is 0 Å². The van der Waals surface area contributed by atoms with Crippen LogP contribution in [0, 0.1) is 12.1 Å². The first kappa shape index (κ1) is 7.44. The van der Waals surface area contributed by atoms with Gasteiger partial charge in [-0.05, 0) is 24.3 Å². The fourth-order valence-corrected chi connectivity index (χ4v) is 1.55. The maximum Gasteiger partial charge on any atom is 0.0971 e. The highest BCUT2D eigenvalue weighted by molar-refractivity contribution is 6.01. The molecule has 0 unspecified atom stereocenters. The average molecular weight is 178 g/mol. The van der Waals surface area contributed by atoms with Gasteiger partial charge in [-0.25, -0.2) is 0 Å². The van der Waals surface area contributed by atoms with Crippen LogP contribution in [0.1, 0.15) is 0 Å². The second-order valence-corrected chi connectivity index (χ2v) is 3.06. The minimum atomic E-state index is 0.891. The van der Waals surface area contributed by atoms with Gasteiger partial charge in [0.25, 0.3) is 0 Å². The van der Waals surface area contributed by atoms with Crippen molar-refractivity contribution in [3.05, 3.63) is 48.8 Å². The predicted octanol–water partition coefficient (Wildman–Crippen LogP) is 2.38. The lowest BCUT2D eigenvalue weighted by molar-refractivity contribution is 1.37. The smallest absolute Gasteiger partial charge is 0.0971 e. The first-order valence-corrected chi connectivity index (χ1v) is 4.36.